The molecule has 1 aromatic heterocycles. The quantitative estimate of drug-likeness (QED) is 0.877. The van der Waals surface area contributed by atoms with E-state index in [-0.39, 0.29) is 6.61 Å². The van der Waals surface area contributed by atoms with Gasteiger partial charge in [-0.05, 0) is 12.0 Å². The van der Waals surface area contributed by atoms with Crippen LogP contribution in [0, 0.1) is 0 Å². The Bertz CT molecular complexity index is 531. The first-order chi connectivity index (χ1) is 8.21. The molecule has 2 aromatic rings. The number of hydrogen-bond acceptors (Lipinski definition) is 3. The van der Waals surface area contributed by atoms with E-state index in [2.05, 4.69) is 0 Å². The molecule has 0 saturated heterocycles. The summed E-state index contributed by atoms with van der Waals surface area (Å²) in [7, 11) is 5.25. The van der Waals surface area contributed by atoms with Gasteiger partial charge in [0.05, 0.1) is 19.7 Å². The van der Waals surface area contributed by atoms with Crippen molar-refractivity contribution in [3.05, 3.63) is 23.9 Å². The topological polar surface area (TPSA) is 43.6 Å². The molecular weight excluding hydrogens is 218 g/mol. The molecule has 1 N–H and O–H groups in total. The molecule has 0 radical (unpaired) electrons. The molecule has 0 aliphatic heterocycles. The molecule has 0 aliphatic carbocycles. The van der Waals surface area contributed by atoms with Gasteiger partial charge in [-0.15, -0.1) is 0 Å². The lowest BCUT2D eigenvalue weighted by molar-refractivity contribution is 0.300. The summed E-state index contributed by atoms with van der Waals surface area (Å²) < 4.78 is 12.7. The van der Waals surface area contributed by atoms with E-state index in [0.29, 0.717) is 6.42 Å². The predicted octanol–water partition coefficient (Wildman–Crippen LogP) is 1.73. The maximum Gasteiger partial charge on any atom is 0.132 e. The first-order valence-corrected chi connectivity index (χ1v) is 5.52. The maximum atomic E-state index is 9.08. The molecule has 4 heteroatoms. The maximum absolute atomic E-state index is 9.08. The standard InChI is InChI=1S/C13H17NO3/c1-14-8-9(4-5-15)13-11(14)6-10(16-2)7-12(13)17-3/h6-8,15H,4-5H2,1-3H3. The monoisotopic (exact) mass is 235 g/mol. The number of aliphatic hydroxyl groups is 1. The number of benzene rings is 1. The number of aromatic nitrogens is 1. The summed E-state index contributed by atoms with van der Waals surface area (Å²) >= 11 is 0. The van der Waals surface area contributed by atoms with Gasteiger partial charge in [0, 0.05) is 37.4 Å². The van der Waals surface area contributed by atoms with Crippen LogP contribution >= 0.6 is 0 Å². The lowest BCUT2D eigenvalue weighted by atomic mass is 10.1. The average Bonchev–Trinajstić information content (AvgIpc) is 2.66. The summed E-state index contributed by atoms with van der Waals surface area (Å²) in [6, 6.07) is 3.84. The predicted molar refractivity (Wildman–Crippen MR) is 66.8 cm³/mol. The van der Waals surface area contributed by atoms with Crippen LogP contribution in [0.1, 0.15) is 5.56 Å². The molecule has 0 amide bonds. The first-order valence-electron chi connectivity index (χ1n) is 5.52. The molecule has 0 spiro atoms. The van der Waals surface area contributed by atoms with Crippen LogP contribution in [0.15, 0.2) is 18.3 Å². The van der Waals surface area contributed by atoms with Crippen LogP contribution in [0.5, 0.6) is 11.5 Å². The number of nitrogens with zero attached hydrogens (tertiary/aromatic N) is 1. The minimum atomic E-state index is 0.133. The Kier molecular flexibility index (Phi) is 3.24. The average molecular weight is 235 g/mol. The van der Waals surface area contributed by atoms with Gasteiger partial charge in [0.15, 0.2) is 0 Å². The highest BCUT2D eigenvalue weighted by molar-refractivity contribution is 5.91. The highest BCUT2D eigenvalue weighted by atomic mass is 16.5. The number of rotatable bonds is 4. The van der Waals surface area contributed by atoms with Crippen molar-refractivity contribution >= 4 is 10.9 Å². The zero-order valence-electron chi connectivity index (χ0n) is 10.4. The lowest BCUT2D eigenvalue weighted by Gasteiger charge is -2.08. The van der Waals surface area contributed by atoms with Crippen LogP contribution in [0.3, 0.4) is 0 Å². The molecule has 92 valence electrons. The molecule has 2 rings (SSSR count). The Hall–Kier alpha value is -1.68. The van der Waals surface area contributed by atoms with Crippen molar-refractivity contribution in [1.29, 1.82) is 0 Å². The molecule has 17 heavy (non-hydrogen) atoms. The molecule has 0 fully saturated rings. The van der Waals surface area contributed by atoms with E-state index in [1.54, 1.807) is 14.2 Å². The summed E-state index contributed by atoms with van der Waals surface area (Å²) in [5.74, 6) is 1.55. The van der Waals surface area contributed by atoms with Gasteiger partial charge in [-0.1, -0.05) is 0 Å². The molecular formula is C13H17NO3. The van der Waals surface area contributed by atoms with E-state index in [1.165, 1.54) is 0 Å². The van der Waals surface area contributed by atoms with E-state index in [0.717, 1.165) is 28.0 Å². The number of aryl methyl sites for hydroxylation is 1. The summed E-state index contributed by atoms with van der Waals surface area (Å²) in [5, 5.41) is 10.1. The van der Waals surface area contributed by atoms with Crippen LogP contribution in [-0.4, -0.2) is 30.5 Å². The summed E-state index contributed by atoms with van der Waals surface area (Å²) in [6.07, 6.45) is 2.64. The van der Waals surface area contributed by atoms with Gasteiger partial charge in [0.1, 0.15) is 11.5 Å². The normalized spacial score (nSPS) is 10.8. The van der Waals surface area contributed by atoms with Gasteiger partial charge in [-0.25, -0.2) is 0 Å². The Morgan fingerprint density at radius 2 is 2.00 bits per heavy atom. The van der Waals surface area contributed by atoms with E-state index in [4.69, 9.17) is 14.6 Å². The number of hydrogen-bond donors (Lipinski definition) is 1. The van der Waals surface area contributed by atoms with Crippen molar-refractivity contribution in [2.24, 2.45) is 7.05 Å². The van der Waals surface area contributed by atoms with E-state index in [9.17, 15) is 0 Å². The second-order valence-electron chi connectivity index (χ2n) is 3.96. The largest absolute Gasteiger partial charge is 0.497 e. The third-order valence-corrected chi connectivity index (χ3v) is 2.94. The number of fused-ring (bicyclic) bond motifs is 1. The second-order valence-corrected chi connectivity index (χ2v) is 3.96. The van der Waals surface area contributed by atoms with Crippen molar-refractivity contribution in [3.63, 3.8) is 0 Å². The Balaban J connectivity index is 2.72. The van der Waals surface area contributed by atoms with Gasteiger partial charge in [0.25, 0.3) is 0 Å². The van der Waals surface area contributed by atoms with Crippen molar-refractivity contribution in [2.45, 2.75) is 6.42 Å². The third-order valence-electron chi connectivity index (χ3n) is 2.94. The molecule has 0 saturated carbocycles. The highest BCUT2D eigenvalue weighted by Crippen LogP contribution is 2.34. The summed E-state index contributed by atoms with van der Waals surface area (Å²) in [5.41, 5.74) is 2.13. The molecule has 0 atom stereocenters. The zero-order valence-corrected chi connectivity index (χ0v) is 10.4. The molecule has 1 aromatic carbocycles. The lowest BCUT2D eigenvalue weighted by Crippen LogP contribution is -1.92. The van der Waals surface area contributed by atoms with Crippen LogP contribution in [-0.2, 0) is 13.5 Å². The van der Waals surface area contributed by atoms with Gasteiger partial charge in [-0.2, -0.15) is 0 Å². The smallest absolute Gasteiger partial charge is 0.132 e. The van der Waals surface area contributed by atoms with Gasteiger partial charge in [-0.3, -0.25) is 0 Å². The van der Waals surface area contributed by atoms with E-state index < -0.39 is 0 Å². The van der Waals surface area contributed by atoms with Gasteiger partial charge in [0.2, 0.25) is 0 Å². The molecule has 0 unspecified atom stereocenters. The van der Waals surface area contributed by atoms with Crippen molar-refractivity contribution in [1.82, 2.24) is 4.57 Å². The second kappa shape index (κ2) is 4.67. The fourth-order valence-corrected chi connectivity index (χ4v) is 2.13. The number of ether oxygens (including phenoxy) is 2. The highest BCUT2D eigenvalue weighted by Gasteiger charge is 2.13. The summed E-state index contributed by atoms with van der Waals surface area (Å²) in [6.45, 7) is 0.133. The van der Waals surface area contributed by atoms with Crippen molar-refractivity contribution in [2.75, 3.05) is 20.8 Å². The Morgan fingerprint density at radius 3 is 2.59 bits per heavy atom. The van der Waals surface area contributed by atoms with Crippen LogP contribution in [0.4, 0.5) is 0 Å². The van der Waals surface area contributed by atoms with Crippen molar-refractivity contribution < 1.29 is 14.6 Å². The Morgan fingerprint density at radius 1 is 1.24 bits per heavy atom. The number of methoxy groups -OCH3 is 2. The van der Waals surface area contributed by atoms with Crippen LogP contribution in [0.2, 0.25) is 0 Å². The number of aliphatic hydroxyl groups excluding tert-OH is 1. The van der Waals surface area contributed by atoms with E-state index >= 15 is 0 Å². The van der Waals surface area contributed by atoms with Crippen LogP contribution in [0.25, 0.3) is 10.9 Å². The van der Waals surface area contributed by atoms with Gasteiger partial charge >= 0.3 is 0 Å². The fraction of sp³-hybridized carbons (Fsp3) is 0.385. The van der Waals surface area contributed by atoms with Crippen molar-refractivity contribution in [3.8, 4) is 11.5 Å². The molecule has 0 aliphatic rings. The minimum absolute atomic E-state index is 0.133. The molecule has 0 bridgehead atoms. The fourth-order valence-electron chi connectivity index (χ4n) is 2.13. The molecule has 1 heterocycles. The first kappa shape index (κ1) is 11.8. The third kappa shape index (κ3) is 1.96. The van der Waals surface area contributed by atoms with E-state index in [1.807, 2.05) is 29.9 Å². The Labute approximate surface area is 100 Å². The SMILES string of the molecule is COc1cc(OC)c2c(CCO)cn(C)c2c1. The van der Waals surface area contributed by atoms with Gasteiger partial charge < -0.3 is 19.1 Å². The minimum Gasteiger partial charge on any atom is -0.497 e. The summed E-state index contributed by atoms with van der Waals surface area (Å²) in [4.78, 5) is 0. The van der Waals surface area contributed by atoms with Crippen LogP contribution < -0.4 is 9.47 Å². The zero-order chi connectivity index (χ0) is 12.4. The molecule has 4 nitrogen and oxygen atoms in total.